The van der Waals surface area contributed by atoms with Crippen molar-refractivity contribution in [2.24, 2.45) is 10.9 Å². The molecule has 0 radical (unpaired) electrons. The first-order chi connectivity index (χ1) is 15.0. The van der Waals surface area contributed by atoms with Gasteiger partial charge in [-0.15, -0.1) is 0 Å². The number of carbonyl (C=O) groups excluding carboxylic acids is 2. The average Bonchev–Trinajstić information content (AvgIpc) is 2.74. The lowest BCUT2D eigenvalue weighted by molar-refractivity contribution is -0.147. The Labute approximate surface area is 190 Å². The number of hydrogen-bond acceptors (Lipinski definition) is 4. The number of amides is 2. The normalized spacial score (nSPS) is 23.2. The van der Waals surface area contributed by atoms with Crippen LogP contribution < -0.4 is 10.6 Å². The van der Waals surface area contributed by atoms with Crippen LogP contribution in [0.2, 0.25) is 5.02 Å². The number of rotatable bonds is 7. The fourth-order valence-corrected chi connectivity index (χ4v) is 4.75. The minimum atomic E-state index is -0.0744. The minimum absolute atomic E-state index is 0.0744. The van der Waals surface area contributed by atoms with E-state index in [2.05, 4.69) is 34.7 Å². The van der Waals surface area contributed by atoms with Crippen molar-refractivity contribution in [2.45, 2.75) is 45.1 Å². The molecule has 31 heavy (non-hydrogen) atoms. The van der Waals surface area contributed by atoms with E-state index in [-0.39, 0.29) is 17.9 Å². The number of aliphatic imine (C=N–C) groups is 1. The first-order valence-corrected chi connectivity index (χ1v) is 11.7. The van der Waals surface area contributed by atoms with E-state index in [1.54, 1.807) is 0 Å². The summed E-state index contributed by atoms with van der Waals surface area (Å²) in [6.07, 6.45) is 3.84. The number of guanidine groups is 1. The van der Waals surface area contributed by atoms with Gasteiger partial charge >= 0.3 is 0 Å². The van der Waals surface area contributed by atoms with Crippen LogP contribution >= 0.6 is 11.6 Å². The molecular weight excluding hydrogens is 414 g/mol. The van der Waals surface area contributed by atoms with E-state index in [0.717, 1.165) is 36.9 Å². The third-order valence-corrected chi connectivity index (χ3v) is 6.27. The molecule has 7 nitrogen and oxygen atoms in total. The zero-order chi connectivity index (χ0) is 22.2. The summed E-state index contributed by atoms with van der Waals surface area (Å²) in [5.74, 6) is 0.958. The fraction of sp³-hybridized carbons (Fsp3) is 0.609. The minimum Gasteiger partial charge on any atom is -0.357 e. The maximum absolute atomic E-state index is 12.0. The number of carbonyl (C=O) groups is 2. The molecule has 2 unspecified atom stereocenters. The van der Waals surface area contributed by atoms with Crippen LogP contribution in [-0.4, -0.2) is 67.3 Å². The van der Waals surface area contributed by atoms with Crippen molar-refractivity contribution >= 4 is 29.4 Å². The van der Waals surface area contributed by atoms with E-state index >= 15 is 0 Å². The van der Waals surface area contributed by atoms with Crippen molar-refractivity contribution in [1.82, 2.24) is 20.4 Å². The number of imide groups is 1. The van der Waals surface area contributed by atoms with E-state index in [1.165, 1.54) is 10.5 Å². The second kappa shape index (κ2) is 11.5. The summed E-state index contributed by atoms with van der Waals surface area (Å²) >= 11 is 6.25. The van der Waals surface area contributed by atoms with Crippen molar-refractivity contribution in [2.75, 3.05) is 39.8 Å². The third-order valence-electron chi connectivity index (χ3n) is 6.04. The largest absolute Gasteiger partial charge is 0.357 e. The highest BCUT2D eigenvalue weighted by atomic mass is 35.5. The Balaban J connectivity index is 1.62. The molecule has 8 heteroatoms. The summed E-state index contributed by atoms with van der Waals surface area (Å²) in [7, 11) is 2.16. The van der Waals surface area contributed by atoms with Crippen LogP contribution in [-0.2, 0) is 9.59 Å². The SMILES string of the molecule is CCNC(=NCC1CCCN(C)C1c1cccc(Cl)c1)NCCN1C(=O)CCCC1=O. The van der Waals surface area contributed by atoms with Gasteiger partial charge in [-0.25, -0.2) is 0 Å². The standard InChI is InChI=1S/C23H34ClN5O2/c1-3-25-23(26-12-14-29-20(30)10-5-11-21(29)31)27-16-18-8-6-13-28(2)22(18)17-7-4-9-19(24)15-17/h4,7,9,15,18,22H,3,5-6,8,10-14,16H2,1-2H3,(H2,25,26,27). The smallest absolute Gasteiger partial charge is 0.229 e. The predicted molar refractivity (Wildman–Crippen MR) is 124 cm³/mol. The van der Waals surface area contributed by atoms with Gasteiger partial charge in [-0.1, -0.05) is 23.7 Å². The van der Waals surface area contributed by atoms with Crippen molar-refractivity contribution in [3.05, 3.63) is 34.9 Å². The zero-order valence-corrected chi connectivity index (χ0v) is 19.3. The molecule has 2 N–H and O–H groups in total. The topological polar surface area (TPSA) is 77.0 Å². The lowest BCUT2D eigenvalue weighted by atomic mass is 9.85. The van der Waals surface area contributed by atoms with E-state index in [0.29, 0.717) is 44.8 Å². The van der Waals surface area contributed by atoms with Crippen molar-refractivity contribution < 1.29 is 9.59 Å². The van der Waals surface area contributed by atoms with E-state index < -0.39 is 0 Å². The van der Waals surface area contributed by atoms with Gasteiger partial charge < -0.3 is 10.6 Å². The zero-order valence-electron chi connectivity index (χ0n) is 18.6. The summed E-state index contributed by atoms with van der Waals surface area (Å²) in [5, 5.41) is 7.31. The third kappa shape index (κ3) is 6.43. The van der Waals surface area contributed by atoms with Crippen LogP contribution in [0.1, 0.15) is 50.6 Å². The van der Waals surface area contributed by atoms with Crippen LogP contribution in [0.25, 0.3) is 0 Å². The van der Waals surface area contributed by atoms with Gasteiger partial charge in [0.15, 0.2) is 5.96 Å². The molecule has 2 atom stereocenters. The van der Waals surface area contributed by atoms with Crippen molar-refractivity contribution in [3.8, 4) is 0 Å². The van der Waals surface area contributed by atoms with Crippen LogP contribution in [0.15, 0.2) is 29.3 Å². The molecule has 0 aromatic heterocycles. The molecule has 2 aliphatic rings. The first-order valence-electron chi connectivity index (χ1n) is 11.3. The van der Waals surface area contributed by atoms with Crippen LogP contribution in [0, 0.1) is 5.92 Å². The Morgan fingerprint density at radius 2 is 1.97 bits per heavy atom. The molecule has 2 amide bonds. The number of likely N-dealkylation sites (tertiary alicyclic amines) is 2. The Morgan fingerprint density at radius 1 is 1.19 bits per heavy atom. The van der Waals surface area contributed by atoms with E-state index in [1.807, 2.05) is 19.1 Å². The van der Waals surface area contributed by atoms with Crippen LogP contribution in [0.5, 0.6) is 0 Å². The molecule has 2 heterocycles. The van der Waals surface area contributed by atoms with Crippen molar-refractivity contribution in [3.63, 3.8) is 0 Å². The molecule has 0 spiro atoms. The molecule has 2 fully saturated rings. The highest BCUT2D eigenvalue weighted by molar-refractivity contribution is 6.30. The molecular formula is C23H34ClN5O2. The number of nitrogens with zero attached hydrogens (tertiary/aromatic N) is 3. The van der Waals surface area contributed by atoms with E-state index in [9.17, 15) is 9.59 Å². The molecule has 1 aromatic carbocycles. The molecule has 170 valence electrons. The Hall–Kier alpha value is -2.12. The molecule has 0 bridgehead atoms. The van der Waals surface area contributed by atoms with Gasteiger partial charge in [0.2, 0.25) is 11.8 Å². The maximum atomic E-state index is 12.0. The molecule has 1 aromatic rings. The fourth-order valence-electron chi connectivity index (χ4n) is 4.55. The predicted octanol–water partition coefficient (Wildman–Crippen LogP) is 2.82. The summed E-state index contributed by atoms with van der Waals surface area (Å²) in [6, 6.07) is 8.40. The van der Waals surface area contributed by atoms with Gasteiger partial charge in [-0.05, 0) is 63.4 Å². The first kappa shape index (κ1) is 23.5. The Kier molecular flexibility index (Phi) is 8.72. The number of piperidine rings is 2. The van der Waals surface area contributed by atoms with Gasteiger partial charge in [0.05, 0.1) is 0 Å². The quantitative estimate of drug-likeness (QED) is 0.382. The highest BCUT2D eigenvalue weighted by Gasteiger charge is 2.30. The lowest BCUT2D eigenvalue weighted by Crippen LogP contribution is -2.46. The lowest BCUT2D eigenvalue weighted by Gasteiger charge is -2.39. The number of hydrogen-bond donors (Lipinski definition) is 2. The summed E-state index contributed by atoms with van der Waals surface area (Å²) < 4.78 is 0. The summed E-state index contributed by atoms with van der Waals surface area (Å²) in [4.78, 5) is 32.6. The van der Waals surface area contributed by atoms with Gasteiger partial charge in [0.25, 0.3) is 0 Å². The van der Waals surface area contributed by atoms with Crippen molar-refractivity contribution in [1.29, 1.82) is 0 Å². The second-order valence-electron chi connectivity index (χ2n) is 8.32. The molecule has 0 aliphatic carbocycles. The van der Waals surface area contributed by atoms with Crippen LogP contribution in [0.3, 0.4) is 0 Å². The highest BCUT2D eigenvalue weighted by Crippen LogP contribution is 2.36. The number of nitrogens with one attached hydrogen (secondary N) is 2. The number of halogens is 1. The second-order valence-corrected chi connectivity index (χ2v) is 8.76. The van der Waals surface area contributed by atoms with Gasteiger partial charge in [-0.2, -0.15) is 0 Å². The Bertz CT molecular complexity index is 784. The number of benzene rings is 1. The van der Waals surface area contributed by atoms with Crippen LogP contribution in [0.4, 0.5) is 0 Å². The summed E-state index contributed by atoms with van der Waals surface area (Å²) in [5.41, 5.74) is 1.23. The maximum Gasteiger partial charge on any atom is 0.229 e. The molecule has 2 saturated heterocycles. The van der Waals surface area contributed by atoms with Gasteiger partial charge in [-0.3, -0.25) is 24.4 Å². The van der Waals surface area contributed by atoms with E-state index in [4.69, 9.17) is 16.6 Å². The monoisotopic (exact) mass is 447 g/mol. The van der Waals surface area contributed by atoms with Gasteiger partial charge in [0.1, 0.15) is 0 Å². The average molecular weight is 448 g/mol. The molecule has 2 aliphatic heterocycles. The van der Waals surface area contributed by atoms with Gasteiger partial charge in [0, 0.05) is 50.1 Å². The Morgan fingerprint density at radius 3 is 2.68 bits per heavy atom. The summed E-state index contributed by atoms with van der Waals surface area (Å²) in [6.45, 7) is 5.39. The molecule has 3 rings (SSSR count). The molecule has 0 saturated carbocycles.